The van der Waals surface area contributed by atoms with Gasteiger partial charge in [-0.25, -0.2) is 0 Å². The fraction of sp³-hybridized carbons (Fsp3) is 0.357. The first-order valence-electron chi connectivity index (χ1n) is 5.30. The van der Waals surface area contributed by atoms with Crippen molar-refractivity contribution in [3.05, 3.63) is 42.0 Å². The predicted octanol–water partition coefficient (Wildman–Crippen LogP) is 4.19. The van der Waals surface area contributed by atoms with Gasteiger partial charge in [-0.2, -0.15) is 0 Å². The second-order valence-electron chi connectivity index (χ2n) is 4.79. The van der Waals surface area contributed by atoms with Gasteiger partial charge in [0.1, 0.15) is 0 Å². The molecule has 0 heterocycles. The van der Waals surface area contributed by atoms with Gasteiger partial charge in [-0.15, -0.1) is 11.8 Å². The molecule has 0 N–H and O–H groups in total. The molecule has 1 aromatic rings. The van der Waals surface area contributed by atoms with Gasteiger partial charge in [0.15, 0.2) is 5.78 Å². The molecule has 0 bridgehead atoms. The molecule has 0 aliphatic heterocycles. The number of allylic oxidation sites excluding steroid dienone is 2. The summed E-state index contributed by atoms with van der Waals surface area (Å²) >= 11 is 1.68. The van der Waals surface area contributed by atoms with Crippen LogP contribution in [-0.2, 0) is 0 Å². The fourth-order valence-corrected chi connectivity index (χ4v) is 1.59. The third-order valence-corrected chi connectivity index (χ3v) is 2.85. The quantitative estimate of drug-likeness (QED) is 0.443. The van der Waals surface area contributed by atoms with Gasteiger partial charge < -0.3 is 0 Å². The first-order chi connectivity index (χ1) is 7.42. The van der Waals surface area contributed by atoms with E-state index in [0.29, 0.717) is 0 Å². The lowest BCUT2D eigenvalue weighted by Gasteiger charge is -2.10. The second kappa shape index (κ2) is 5.35. The van der Waals surface area contributed by atoms with Crippen LogP contribution in [0.2, 0.25) is 0 Å². The number of thioether (sulfide) groups is 1. The lowest BCUT2D eigenvalue weighted by molar-refractivity contribution is 0.104. The highest BCUT2D eigenvalue weighted by molar-refractivity contribution is 7.98. The minimum Gasteiger partial charge on any atom is -0.289 e. The Hall–Kier alpha value is -1.02. The van der Waals surface area contributed by atoms with Crippen LogP contribution in [0.1, 0.15) is 31.1 Å². The Labute approximate surface area is 102 Å². The molecule has 0 saturated carbocycles. The van der Waals surface area contributed by atoms with E-state index in [4.69, 9.17) is 0 Å². The first kappa shape index (κ1) is 13.0. The summed E-state index contributed by atoms with van der Waals surface area (Å²) in [5.41, 5.74) is 0.799. The van der Waals surface area contributed by atoms with Crippen LogP contribution in [0.3, 0.4) is 0 Å². The fourth-order valence-electron chi connectivity index (χ4n) is 1.18. The minimum atomic E-state index is 0.0505. The van der Waals surface area contributed by atoms with E-state index in [-0.39, 0.29) is 11.2 Å². The van der Waals surface area contributed by atoms with Crippen molar-refractivity contribution in [1.29, 1.82) is 0 Å². The number of hydrogen-bond donors (Lipinski definition) is 0. The van der Waals surface area contributed by atoms with E-state index < -0.39 is 0 Å². The molecule has 16 heavy (non-hydrogen) atoms. The van der Waals surface area contributed by atoms with Crippen LogP contribution >= 0.6 is 11.8 Å². The average molecular weight is 234 g/mol. The molecule has 0 aliphatic rings. The van der Waals surface area contributed by atoms with Crippen molar-refractivity contribution < 1.29 is 4.79 Å². The zero-order valence-corrected chi connectivity index (χ0v) is 11.1. The third kappa shape index (κ3) is 4.23. The van der Waals surface area contributed by atoms with Crippen LogP contribution < -0.4 is 0 Å². The van der Waals surface area contributed by atoms with Gasteiger partial charge >= 0.3 is 0 Å². The molecular formula is C14H18OS. The molecule has 0 unspecified atom stereocenters. The van der Waals surface area contributed by atoms with E-state index in [1.807, 2.05) is 36.6 Å². The zero-order chi connectivity index (χ0) is 12.2. The van der Waals surface area contributed by atoms with Gasteiger partial charge in [0, 0.05) is 10.5 Å². The van der Waals surface area contributed by atoms with E-state index >= 15 is 0 Å². The lowest BCUT2D eigenvalue weighted by Crippen LogP contribution is -2.01. The van der Waals surface area contributed by atoms with Gasteiger partial charge in [0.25, 0.3) is 0 Å². The number of ketones is 1. The molecule has 1 nitrogen and oxygen atoms in total. The third-order valence-electron chi connectivity index (χ3n) is 2.11. The number of benzene rings is 1. The molecule has 0 fully saturated rings. The minimum absolute atomic E-state index is 0.0505. The zero-order valence-electron chi connectivity index (χ0n) is 10.3. The Morgan fingerprint density at radius 3 is 2.19 bits per heavy atom. The second-order valence-corrected chi connectivity index (χ2v) is 5.67. The van der Waals surface area contributed by atoms with Crippen LogP contribution in [0.4, 0.5) is 0 Å². The Kier molecular flexibility index (Phi) is 4.36. The highest BCUT2D eigenvalue weighted by atomic mass is 32.2. The number of rotatable bonds is 3. The van der Waals surface area contributed by atoms with E-state index in [1.165, 1.54) is 4.90 Å². The number of carbonyl (C=O) groups is 1. The Morgan fingerprint density at radius 1 is 1.19 bits per heavy atom. The largest absolute Gasteiger partial charge is 0.289 e. The monoisotopic (exact) mass is 234 g/mol. The molecule has 0 saturated heterocycles. The van der Waals surface area contributed by atoms with Gasteiger partial charge in [-0.05, 0) is 42.0 Å². The molecule has 0 aliphatic carbocycles. The summed E-state index contributed by atoms with van der Waals surface area (Å²) < 4.78 is 0. The predicted molar refractivity (Wildman–Crippen MR) is 71.1 cm³/mol. The molecule has 0 amide bonds. The van der Waals surface area contributed by atoms with Crippen molar-refractivity contribution in [2.45, 2.75) is 25.7 Å². The number of carbonyl (C=O) groups excluding carboxylic acids is 1. The topological polar surface area (TPSA) is 17.1 Å². The van der Waals surface area contributed by atoms with E-state index in [1.54, 1.807) is 17.8 Å². The molecule has 0 spiro atoms. The SMILES string of the molecule is CSc1ccc(C(=O)/C=C/C(C)(C)C)cc1. The van der Waals surface area contributed by atoms with Crippen molar-refractivity contribution in [2.75, 3.05) is 6.26 Å². The summed E-state index contributed by atoms with van der Waals surface area (Å²) in [6.07, 6.45) is 5.63. The van der Waals surface area contributed by atoms with Crippen molar-refractivity contribution in [3.63, 3.8) is 0 Å². The Balaban J connectivity index is 2.77. The standard InChI is InChI=1S/C14H18OS/c1-14(2,3)10-9-13(15)11-5-7-12(16-4)8-6-11/h5-10H,1-4H3/b10-9+. The molecule has 0 radical (unpaired) electrons. The van der Waals surface area contributed by atoms with Gasteiger partial charge in [-0.3, -0.25) is 4.79 Å². The summed E-state index contributed by atoms with van der Waals surface area (Å²) in [7, 11) is 0. The first-order valence-corrected chi connectivity index (χ1v) is 6.52. The van der Waals surface area contributed by atoms with Crippen molar-refractivity contribution in [2.24, 2.45) is 5.41 Å². The maximum atomic E-state index is 11.8. The van der Waals surface area contributed by atoms with Crippen molar-refractivity contribution >= 4 is 17.5 Å². The van der Waals surface area contributed by atoms with Crippen LogP contribution in [-0.4, -0.2) is 12.0 Å². The Bertz CT molecular complexity index is 382. The molecule has 0 atom stereocenters. The molecule has 1 rings (SSSR count). The number of hydrogen-bond acceptors (Lipinski definition) is 2. The summed E-state index contributed by atoms with van der Waals surface area (Å²) in [5, 5.41) is 0. The van der Waals surface area contributed by atoms with Crippen LogP contribution in [0, 0.1) is 5.41 Å². The van der Waals surface area contributed by atoms with E-state index in [0.717, 1.165) is 5.56 Å². The normalized spacial score (nSPS) is 12.0. The van der Waals surface area contributed by atoms with Crippen LogP contribution in [0.15, 0.2) is 41.3 Å². The van der Waals surface area contributed by atoms with Gasteiger partial charge in [0.05, 0.1) is 0 Å². The Morgan fingerprint density at radius 2 is 1.75 bits per heavy atom. The molecule has 1 aromatic carbocycles. The molecule has 0 aromatic heterocycles. The lowest BCUT2D eigenvalue weighted by atomic mass is 9.95. The van der Waals surface area contributed by atoms with E-state index in [2.05, 4.69) is 20.8 Å². The highest BCUT2D eigenvalue weighted by Gasteiger charge is 2.06. The van der Waals surface area contributed by atoms with Gasteiger partial charge in [0.2, 0.25) is 0 Å². The van der Waals surface area contributed by atoms with Crippen molar-refractivity contribution in [3.8, 4) is 0 Å². The molecule has 86 valence electrons. The van der Waals surface area contributed by atoms with E-state index in [9.17, 15) is 4.79 Å². The molecule has 2 heteroatoms. The molecular weight excluding hydrogens is 216 g/mol. The van der Waals surface area contributed by atoms with Crippen LogP contribution in [0.25, 0.3) is 0 Å². The summed E-state index contributed by atoms with van der Waals surface area (Å²) in [6, 6.07) is 7.70. The highest BCUT2D eigenvalue weighted by Crippen LogP contribution is 2.17. The van der Waals surface area contributed by atoms with Crippen molar-refractivity contribution in [1.82, 2.24) is 0 Å². The van der Waals surface area contributed by atoms with Crippen LogP contribution in [0.5, 0.6) is 0 Å². The maximum absolute atomic E-state index is 11.8. The average Bonchev–Trinajstić information content (AvgIpc) is 2.25. The summed E-state index contributed by atoms with van der Waals surface area (Å²) in [6.45, 7) is 6.23. The maximum Gasteiger partial charge on any atom is 0.185 e. The van der Waals surface area contributed by atoms with Gasteiger partial charge in [-0.1, -0.05) is 26.8 Å². The summed E-state index contributed by atoms with van der Waals surface area (Å²) in [4.78, 5) is 13.0. The summed E-state index contributed by atoms with van der Waals surface area (Å²) in [5.74, 6) is 0.0718. The smallest absolute Gasteiger partial charge is 0.185 e.